The van der Waals surface area contributed by atoms with E-state index in [1.54, 1.807) is 12.4 Å². The van der Waals surface area contributed by atoms with Crippen molar-refractivity contribution in [3.63, 3.8) is 0 Å². The quantitative estimate of drug-likeness (QED) is 0.704. The molecule has 0 amide bonds. The van der Waals surface area contributed by atoms with Gasteiger partial charge in [-0.3, -0.25) is 4.98 Å². The molecule has 2 N–H and O–H groups in total. The van der Waals surface area contributed by atoms with E-state index in [0.29, 0.717) is 5.82 Å². The van der Waals surface area contributed by atoms with Crippen LogP contribution in [0.2, 0.25) is 0 Å². The molecule has 3 rings (SSSR count). The summed E-state index contributed by atoms with van der Waals surface area (Å²) in [6.07, 6.45) is 5.43. The van der Waals surface area contributed by atoms with Crippen LogP contribution in [0.5, 0.6) is 0 Å². The van der Waals surface area contributed by atoms with Crippen LogP contribution in [0.3, 0.4) is 0 Å². The van der Waals surface area contributed by atoms with Gasteiger partial charge in [0.2, 0.25) is 0 Å². The highest BCUT2D eigenvalue weighted by molar-refractivity contribution is 5.99. The molecule has 0 saturated heterocycles. The van der Waals surface area contributed by atoms with E-state index in [0.717, 1.165) is 21.9 Å². The summed E-state index contributed by atoms with van der Waals surface area (Å²) in [4.78, 5) is 8.22. The monoisotopic (exact) mass is 235 g/mol. The van der Waals surface area contributed by atoms with Crippen molar-refractivity contribution in [2.45, 2.75) is 6.92 Å². The maximum Gasteiger partial charge on any atom is 0.123 e. The minimum atomic E-state index is 0.545. The fourth-order valence-electron chi connectivity index (χ4n) is 2.18. The number of fused-ring (bicyclic) bond motifs is 1. The Morgan fingerprint density at radius 1 is 1.00 bits per heavy atom. The van der Waals surface area contributed by atoms with Crippen LogP contribution in [0, 0.1) is 6.92 Å². The molecule has 3 aromatic rings. The van der Waals surface area contributed by atoms with E-state index in [9.17, 15) is 0 Å². The predicted molar refractivity (Wildman–Crippen MR) is 74.1 cm³/mol. The Hall–Kier alpha value is -2.42. The Bertz CT molecular complexity index is 706. The van der Waals surface area contributed by atoms with E-state index in [2.05, 4.69) is 29.0 Å². The van der Waals surface area contributed by atoms with Crippen LogP contribution in [-0.2, 0) is 0 Å². The Morgan fingerprint density at radius 2 is 1.78 bits per heavy atom. The first-order valence-corrected chi connectivity index (χ1v) is 5.81. The molecule has 2 aromatic heterocycles. The first-order valence-electron chi connectivity index (χ1n) is 5.81. The molecule has 0 aliphatic rings. The number of hydrogen-bond donors (Lipinski definition) is 1. The highest BCUT2D eigenvalue weighted by Gasteiger charge is 2.06. The molecule has 0 radical (unpaired) electrons. The molecule has 3 heteroatoms. The number of nitrogen functional groups attached to an aromatic ring is 1. The maximum atomic E-state index is 5.80. The van der Waals surface area contributed by atoms with Crippen molar-refractivity contribution in [3.05, 3.63) is 54.5 Å². The third-order valence-electron chi connectivity index (χ3n) is 3.13. The molecule has 2 heterocycles. The van der Waals surface area contributed by atoms with E-state index in [4.69, 9.17) is 5.73 Å². The highest BCUT2D eigenvalue weighted by atomic mass is 14.8. The largest absolute Gasteiger partial charge is 0.384 e. The van der Waals surface area contributed by atoms with Crippen LogP contribution in [0.1, 0.15) is 5.56 Å². The fourth-order valence-corrected chi connectivity index (χ4v) is 2.18. The first-order chi connectivity index (χ1) is 8.75. The van der Waals surface area contributed by atoms with E-state index in [-0.39, 0.29) is 0 Å². The smallest absolute Gasteiger partial charge is 0.123 e. The van der Waals surface area contributed by atoms with Crippen LogP contribution in [0.4, 0.5) is 5.82 Å². The minimum Gasteiger partial charge on any atom is -0.384 e. The number of benzene rings is 1. The van der Waals surface area contributed by atoms with Crippen molar-refractivity contribution in [1.82, 2.24) is 9.97 Å². The van der Waals surface area contributed by atoms with E-state index in [1.165, 1.54) is 5.56 Å². The van der Waals surface area contributed by atoms with Gasteiger partial charge >= 0.3 is 0 Å². The summed E-state index contributed by atoms with van der Waals surface area (Å²) >= 11 is 0. The molecule has 1 aromatic carbocycles. The van der Waals surface area contributed by atoms with Gasteiger partial charge in [-0.25, -0.2) is 4.98 Å². The maximum absolute atomic E-state index is 5.80. The molecule has 0 atom stereocenters. The van der Waals surface area contributed by atoms with Gasteiger partial charge in [0, 0.05) is 24.0 Å². The topological polar surface area (TPSA) is 51.8 Å². The van der Waals surface area contributed by atoms with Gasteiger partial charge in [0.15, 0.2) is 0 Å². The predicted octanol–water partition coefficient (Wildman–Crippen LogP) is 3.19. The molecule has 0 spiro atoms. The number of pyridine rings is 2. The molecule has 88 valence electrons. The normalized spacial score (nSPS) is 10.7. The van der Waals surface area contributed by atoms with Crippen molar-refractivity contribution in [1.29, 1.82) is 0 Å². The van der Waals surface area contributed by atoms with Gasteiger partial charge < -0.3 is 5.73 Å². The van der Waals surface area contributed by atoms with Crippen molar-refractivity contribution >= 4 is 16.6 Å². The number of aromatic nitrogens is 2. The zero-order valence-corrected chi connectivity index (χ0v) is 10.1. The van der Waals surface area contributed by atoms with Gasteiger partial charge in [-0.15, -0.1) is 0 Å². The highest BCUT2D eigenvalue weighted by Crippen LogP contribution is 2.30. The summed E-state index contributed by atoms with van der Waals surface area (Å²) in [5, 5.41) is 2.27. The number of aryl methyl sites for hydroxylation is 1. The molecule has 0 unspecified atom stereocenters. The number of hydrogen-bond acceptors (Lipinski definition) is 3. The van der Waals surface area contributed by atoms with Gasteiger partial charge in [-0.2, -0.15) is 0 Å². The number of rotatable bonds is 1. The van der Waals surface area contributed by atoms with E-state index >= 15 is 0 Å². The summed E-state index contributed by atoms with van der Waals surface area (Å²) in [6.45, 7) is 2.08. The molecular formula is C15H13N3. The summed E-state index contributed by atoms with van der Waals surface area (Å²) in [6, 6.07) is 10.2. The van der Waals surface area contributed by atoms with Crippen LogP contribution in [-0.4, -0.2) is 9.97 Å². The second-order valence-corrected chi connectivity index (χ2v) is 4.32. The van der Waals surface area contributed by atoms with Crippen molar-refractivity contribution < 1.29 is 0 Å². The zero-order valence-electron chi connectivity index (χ0n) is 10.1. The lowest BCUT2D eigenvalue weighted by Crippen LogP contribution is -1.92. The number of nitrogens with two attached hydrogens (primary N) is 1. The van der Waals surface area contributed by atoms with Gasteiger partial charge in [0.1, 0.15) is 5.82 Å². The second kappa shape index (κ2) is 4.11. The van der Waals surface area contributed by atoms with E-state index < -0.39 is 0 Å². The third-order valence-corrected chi connectivity index (χ3v) is 3.13. The minimum absolute atomic E-state index is 0.545. The molecule has 3 nitrogen and oxygen atoms in total. The summed E-state index contributed by atoms with van der Waals surface area (Å²) in [5.74, 6) is 0.545. The summed E-state index contributed by atoms with van der Waals surface area (Å²) < 4.78 is 0. The van der Waals surface area contributed by atoms with Gasteiger partial charge in [0.25, 0.3) is 0 Å². The first kappa shape index (κ1) is 10.7. The molecule has 0 bridgehead atoms. The number of anilines is 1. The molecule has 0 aliphatic carbocycles. The fraction of sp³-hybridized carbons (Fsp3) is 0.0667. The van der Waals surface area contributed by atoms with Crippen LogP contribution < -0.4 is 5.73 Å². The molecule has 18 heavy (non-hydrogen) atoms. The lowest BCUT2D eigenvalue weighted by molar-refractivity contribution is 1.33. The Kier molecular flexibility index (Phi) is 2.45. The second-order valence-electron chi connectivity index (χ2n) is 4.32. The van der Waals surface area contributed by atoms with Gasteiger partial charge in [0.05, 0.1) is 0 Å². The summed E-state index contributed by atoms with van der Waals surface area (Å²) in [5.41, 5.74) is 9.30. The van der Waals surface area contributed by atoms with Gasteiger partial charge in [-0.1, -0.05) is 12.1 Å². The van der Waals surface area contributed by atoms with Crippen LogP contribution in [0.15, 0.2) is 48.9 Å². The lowest BCUT2D eigenvalue weighted by Gasteiger charge is -2.09. The number of nitrogens with zero attached hydrogens (tertiary/aromatic N) is 2. The van der Waals surface area contributed by atoms with Crippen molar-refractivity contribution in [2.24, 2.45) is 0 Å². The van der Waals surface area contributed by atoms with E-state index in [1.807, 2.05) is 24.4 Å². The third kappa shape index (κ3) is 1.70. The molecule has 0 saturated carbocycles. The Morgan fingerprint density at radius 3 is 2.56 bits per heavy atom. The van der Waals surface area contributed by atoms with Crippen molar-refractivity contribution in [3.8, 4) is 11.1 Å². The zero-order chi connectivity index (χ0) is 12.5. The molecule has 0 fully saturated rings. The lowest BCUT2D eigenvalue weighted by atomic mass is 9.97. The Labute approximate surface area is 105 Å². The van der Waals surface area contributed by atoms with Crippen molar-refractivity contribution in [2.75, 3.05) is 5.73 Å². The SMILES string of the molecule is Cc1ccc(-c2ccncc2)c2cc(N)ncc12. The van der Waals surface area contributed by atoms with Crippen LogP contribution in [0.25, 0.3) is 21.9 Å². The average Bonchev–Trinajstić information content (AvgIpc) is 2.40. The van der Waals surface area contributed by atoms with Crippen LogP contribution >= 0.6 is 0 Å². The Balaban J connectivity index is 2.37. The standard InChI is InChI=1S/C15H13N3/c1-10-2-3-12(11-4-6-17-7-5-11)13-8-15(16)18-9-14(10)13/h2-9H,1H3,(H2,16,18). The molecular weight excluding hydrogens is 222 g/mol. The van der Waals surface area contributed by atoms with Gasteiger partial charge in [-0.05, 0) is 47.2 Å². The summed E-state index contributed by atoms with van der Waals surface area (Å²) in [7, 11) is 0. The molecule has 0 aliphatic heterocycles. The average molecular weight is 235 g/mol.